The third-order valence-electron chi connectivity index (χ3n) is 5.73. The molecule has 3 nitrogen and oxygen atoms in total. The number of fused-ring (bicyclic) bond motifs is 1. The van der Waals surface area contributed by atoms with E-state index in [1.165, 1.54) is 24.1 Å². The quantitative estimate of drug-likeness (QED) is 0.644. The molecule has 3 aromatic rings. The number of aromatic nitrogens is 2. The van der Waals surface area contributed by atoms with E-state index in [0.717, 1.165) is 43.5 Å². The average molecular weight is 351 g/mol. The van der Waals surface area contributed by atoms with Crippen LogP contribution in [0.1, 0.15) is 43.7 Å². The van der Waals surface area contributed by atoms with Gasteiger partial charge < -0.3 is 9.47 Å². The molecule has 1 aromatic heterocycles. The van der Waals surface area contributed by atoms with Gasteiger partial charge in [0.1, 0.15) is 5.82 Å². The largest absolute Gasteiger partial charge is 0.327 e. The molecule has 0 spiro atoms. The standard InChI is InChI=1S/C22H26FN3/c1-17(18-5-3-2-4-6-18)9-12-25-13-10-20(11-14-25)26-16-24-21-15-19(23)7-8-22(21)26/h2-8,15-17,20H,9-14H2,1H3. The molecule has 1 fully saturated rings. The van der Waals surface area contributed by atoms with E-state index in [4.69, 9.17) is 0 Å². The second kappa shape index (κ2) is 7.58. The predicted molar refractivity (Wildman–Crippen MR) is 104 cm³/mol. The summed E-state index contributed by atoms with van der Waals surface area (Å²) in [6, 6.07) is 16.1. The van der Waals surface area contributed by atoms with E-state index in [1.807, 2.05) is 12.4 Å². The summed E-state index contributed by atoms with van der Waals surface area (Å²) in [6.07, 6.45) is 5.33. The first-order valence-electron chi connectivity index (χ1n) is 9.60. The summed E-state index contributed by atoms with van der Waals surface area (Å²) in [5.74, 6) is 0.381. The van der Waals surface area contributed by atoms with Crippen molar-refractivity contribution < 1.29 is 4.39 Å². The molecule has 0 saturated carbocycles. The van der Waals surface area contributed by atoms with Crippen molar-refractivity contribution in [3.8, 4) is 0 Å². The Hall–Kier alpha value is -2.20. The van der Waals surface area contributed by atoms with Gasteiger partial charge in [-0.2, -0.15) is 0 Å². The lowest BCUT2D eigenvalue weighted by molar-refractivity contribution is 0.184. The molecule has 0 bridgehead atoms. The highest BCUT2D eigenvalue weighted by Crippen LogP contribution is 2.28. The molecular weight excluding hydrogens is 325 g/mol. The van der Waals surface area contributed by atoms with Gasteiger partial charge in [-0.1, -0.05) is 37.3 Å². The van der Waals surface area contributed by atoms with Gasteiger partial charge >= 0.3 is 0 Å². The van der Waals surface area contributed by atoms with Crippen molar-refractivity contribution in [2.75, 3.05) is 19.6 Å². The van der Waals surface area contributed by atoms with Gasteiger partial charge in [0.15, 0.2) is 0 Å². The van der Waals surface area contributed by atoms with Gasteiger partial charge in [-0.25, -0.2) is 9.37 Å². The highest BCUT2D eigenvalue weighted by molar-refractivity contribution is 5.75. The summed E-state index contributed by atoms with van der Waals surface area (Å²) in [7, 11) is 0. The molecule has 26 heavy (non-hydrogen) atoms. The summed E-state index contributed by atoms with van der Waals surface area (Å²) in [5.41, 5.74) is 3.23. The zero-order chi connectivity index (χ0) is 17.9. The molecule has 0 N–H and O–H groups in total. The molecule has 4 heteroatoms. The smallest absolute Gasteiger partial charge is 0.125 e. The normalized spacial score (nSPS) is 17.6. The molecule has 2 heterocycles. The minimum Gasteiger partial charge on any atom is -0.327 e. The van der Waals surface area contributed by atoms with Crippen LogP contribution in [0.2, 0.25) is 0 Å². The van der Waals surface area contributed by atoms with E-state index in [0.29, 0.717) is 12.0 Å². The molecule has 0 aliphatic carbocycles. The number of hydrogen-bond acceptors (Lipinski definition) is 2. The number of hydrogen-bond donors (Lipinski definition) is 0. The van der Waals surface area contributed by atoms with E-state index in [-0.39, 0.29) is 5.82 Å². The summed E-state index contributed by atoms with van der Waals surface area (Å²) in [5, 5.41) is 0. The lowest BCUT2D eigenvalue weighted by atomic mass is 9.97. The van der Waals surface area contributed by atoms with Crippen molar-refractivity contribution in [1.29, 1.82) is 0 Å². The van der Waals surface area contributed by atoms with E-state index in [9.17, 15) is 4.39 Å². The van der Waals surface area contributed by atoms with Gasteiger partial charge in [-0.3, -0.25) is 0 Å². The van der Waals surface area contributed by atoms with Crippen LogP contribution < -0.4 is 0 Å². The van der Waals surface area contributed by atoms with Crippen molar-refractivity contribution in [3.05, 3.63) is 66.2 Å². The lowest BCUT2D eigenvalue weighted by Gasteiger charge is -2.33. The molecule has 2 aromatic carbocycles. The molecule has 0 radical (unpaired) electrons. The van der Waals surface area contributed by atoms with Crippen LogP contribution in [0.15, 0.2) is 54.9 Å². The first kappa shape index (κ1) is 17.2. The number of nitrogens with zero attached hydrogens (tertiary/aromatic N) is 3. The zero-order valence-corrected chi connectivity index (χ0v) is 15.3. The van der Waals surface area contributed by atoms with E-state index < -0.39 is 0 Å². The topological polar surface area (TPSA) is 21.1 Å². The maximum Gasteiger partial charge on any atom is 0.125 e. The second-order valence-corrected chi connectivity index (χ2v) is 7.46. The number of likely N-dealkylation sites (tertiary alicyclic amines) is 1. The number of imidazole rings is 1. The number of halogens is 1. The van der Waals surface area contributed by atoms with Crippen LogP contribution in [0.25, 0.3) is 11.0 Å². The Morgan fingerprint density at radius 3 is 2.65 bits per heavy atom. The minimum atomic E-state index is -0.217. The van der Waals surface area contributed by atoms with Gasteiger partial charge in [-0.05, 0) is 49.4 Å². The summed E-state index contributed by atoms with van der Waals surface area (Å²) >= 11 is 0. The first-order chi connectivity index (χ1) is 12.7. The summed E-state index contributed by atoms with van der Waals surface area (Å²) < 4.78 is 15.6. The van der Waals surface area contributed by atoms with Crippen LogP contribution in [-0.4, -0.2) is 34.1 Å². The monoisotopic (exact) mass is 351 g/mol. The van der Waals surface area contributed by atoms with Crippen molar-refractivity contribution in [1.82, 2.24) is 14.5 Å². The first-order valence-corrected chi connectivity index (χ1v) is 9.60. The van der Waals surface area contributed by atoms with Gasteiger partial charge in [-0.15, -0.1) is 0 Å². The molecule has 1 atom stereocenters. The SMILES string of the molecule is CC(CCN1CCC(n2cnc3cc(F)ccc32)CC1)c1ccccc1. The summed E-state index contributed by atoms with van der Waals surface area (Å²) in [6.45, 7) is 5.71. The third-order valence-corrected chi connectivity index (χ3v) is 5.73. The van der Waals surface area contributed by atoms with E-state index in [2.05, 4.69) is 51.7 Å². The van der Waals surface area contributed by atoms with Gasteiger partial charge in [0.2, 0.25) is 0 Å². The molecule has 1 aliphatic heterocycles. The van der Waals surface area contributed by atoms with Crippen molar-refractivity contribution in [2.45, 2.75) is 38.1 Å². The van der Waals surface area contributed by atoms with Gasteiger partial charge in [0.05, 0.1) is 17.4 Å². The molecule has 1 saturated heterocycles. The number of rotatable bonds is 5. The maximum atomic E-state index is 13.4. The minimum absolute atomic E-state index is 0.217. The molecule has 1 unspecified atom stereocenters. The molecule has 4 rings (SSSR count). The number of benzene rings is 2. The predicted octanol–water partition coefficient (Wildman–Crippen LogP) is 5.01. The van der Waals surface area contributed by atoms with Crippen molar-refractivity contribution in [3.63, 3.8) is 0 Å². The fraction of sp³-hybridized carbons (Fsp3) is 0.409. The van der Waals surface area contributed by atoms with Crippen LogP contribution in [0.4, 0.5) is 4.39 Å². The fourth-order valence-electron chi connectivity index (χ4n) is 4.04. The van der Waals surface area contributed by atoms with Gasteiger partial charge in [0, 0.05) is 25.2 Å². The molecule has 136 valence electrons. The van der Waals surface area contributed by atoms with Crippen molar-refractivity contribution in [2.24, 2.45) is 0 Å². The van der Waals surface area contributed by atoms with Crippen LogP contribution in [0.3, 0.4) is 0 Å². The Morgan fingerprint density at radius 1 is 1.12 bits per heavy atom. The van der Waals surface area contributed by atoms with E-state index in [1.54, 1.807) is 0 Å². The van der Waals surface area contributed by atoms with Crippen LogP contribution in [0.5, 0.6) is 0 Å². The molecule has 0 amide bonds. The Kier molecular flexibility index (Phi) is 5.02. The fourth-order valence-corrected chi connectivity index (χ4v) is 4.04. The van der Waals surface area contributed by atoms with Crippen LogP contribution in [-0.2, 0) is 0 Å². The number of piperidine rings is 1. The molecular formula is C22H26FN3. The van der Waals surface area contributed by atoms with Crippen LogP contribution >= 0.6 is 0 Å². The summed E-state index contributed by atoms with van der Waals surface area (Å²) in [4.78, 5) is 6.95. The van der Waals surface area contributed by atoms with E-state index >= 15 is 0 Å². The maximum absolute atomic E-state index is 13.4. The highest BCUT2D eigenvalue weighted by Gasteiger charge is 2.22. The average Bonchev–Trinajstić information content (AvgIpc) is 3.10. The lowest BCUT2D eigenvalue weighted by Crippen LogP contribution is -2.35. The molecule has 1 aliphatic rings. The zero-order valence-electron chi connectivity index (χ0n) is 15.3. The highest BCUT2D eigenvalue weighted by atomic mass is 19.1. The third kappa shape index (κ3) is 3.65. The Bertz CT molecular complexity index is 850. The Morgan fingerprint density at radius 2 is 1.88 bits per heavy atom. The van der Waals surface area contributed by atoms with Gasteiger partial charge in [0.25, 0.3) is 0 Å². The second-order valence-electron chi connectivity index (χ2n) is 7.46. The Balaban J connectivity index is 1.32. The van der Waals surface area contributed by atoms with Crippen LogP contribution in [0, 0.1) is 5.82 Å². The van der Waals surface area contributed by atoms with Crippen molar-refractivity contribution >= 4 is 11.0 Å². The Labute approximate surface area is 154 Å².